The molecule has 126 valence electrons. The van der Waals surface area contributed by atoms with Crippen LogP contribution in [0.15, 0.2) is 0 Å². The molecule has 1 spiro atoms. The lowest BCUT2D eigenvalue weighted by atomic mass is 9.85. The Labute approximate surface area is 133 Å². The second-order valence-corrected chi connectivity index (χ2v) is 6.99. The zero-order valence-corrected chi connectivity index (χ0v) is 13.8. The SMILES string of the molecule is CC[C@H]1CCCCN1C(=O)NCC1CCC2(CC1)OCCO2. The van der Waals surface area contributed by atoms with Gasteiger partial charge in [-0.25, -0.2) is 4.79 Å². The summed E-state index contributed by atoms with van der Waals surface area (Å²) in [5, 5.41) is 3.17. The van der Waals surface area contributed by atoms with Gasteiger partial charge in [-0.3, -0.25) is 0 Å². The maximum atomic E-state index is 12.4. The summed E-state index contributed by atoms with van der Waals surface area (Å²) < 4.78 is 11.5. The summed E-state index contributed by atoms with van der Waals surface area (Å²) in [6, 6.07) is 0.573. The van der Waals surface area contributed by atoms with Gasteiger partial charge in [0.2, 0.25) is 0 Å². The third-order valence-corrected chi connectivity index (χ3v) is 5.58. The normalized spacial score (nSPS) is 29.0. The molecule has 0 aromatic heterocycles. The van der Waals surface area contributed by atoms with Crippen LogP contribution in [0.5, 0.6) is 0 Å². The van der Waals surface area contributed by atoms with Gasteiger partial charge in [0, 0.05) is 32.0 Å². The van der Waals surface area contributed by atoms with Crippen molar-refractivity contribution in [3.63, 3.8) is 0 Å². The number of rotatable bonds is 3. The van der Waals surface area contributed by atoms with Crippen LogP contribution in [0, 0.1) is 5.92 Å². The van der Waals surface area contributed by atoms with Gasteiger partial charge in [0.1, 0.15) is 0 Å². The highest BCUT2D eigenvalue weighted by molar-refractivity contribution is 5.74. The summed E-state index contributed by atoms with van der Waals surface area (Å²) in [4.78, 5) is 14.5. The Morgan fingerprint density at radius 2 is 1.91 bits per heavy atom. The number of hydrogen-bond acceptors (Lipinski definition) is 3. The molecule has 3 aliphatic rings. The number of nitrogens with one attached hydrogen (secondary N) is 1. The molecule has 0 radical (unpaired) electrons. The molecule has 1 N–H and O–H groups in total. The van der Waals surface area contributed by atoms with E-state index >= 15 is 0 Å². The van der Waals surface area contributed by atoms with E-state index in [1.54, 1.807) is 0 Å². The van der Waals surface area contributed by atoms with Crippen molar-refractivity contribution in [2.24, 2.45) is 5.92 Å². The summed E-state index contributed by atoms with van der Waals surface area (Å²) in [5.41, 5.74) is 0. The monoisotopic (exact) mass is 310 g/mol. The fraction of sp³-hybridized carbons (Fsp3) is 0.941. The zero-order valence-electron chi connectivity index (χ0n) is 13.8. The minimum Gasteiger partial charge on any atom is -0.348 e. The molecule has 0 unspecified atom stereocenters. The average Bonchev–Trinajstić information content (AvgIpc) is 3.02. The van der Waals surface area contributed by atoms with Gasteiger partial charge >= 0.3 is 6.03 Å². The molecule has 1 aliphatic carbocycles. The lowest BCUT2D eigenvalue weighted by Crippen LogP contribution is -2.49. The van der Waals surface area contributed by atoms with Crippen LogP contribution >= 0.6 is 0 Å². The summed E-state index contributed by atoms with van der Waals surface area (Å²) in [6.07, 6.45) is 8.72. The number of hydrogen-bond donors (Lipinski definition) is 1. The van der Waals surface area contributed by atoms with Gasteiger partial charge < -0.3 is 19.7 Å². The van der Waals surface area contributed by atoms with Crippen molar-refractivity contribution >= 4 is 6.03 Å². The predicted octanol–water partition coefficient (Wildman–Crippen LogP) is 2.89. The number of amides is 2. The van der Waals surface area contributed by atoms with Gasteiger partial charge in [-0.15, -0.1) is 0 Å². The number of likely N-dealkylation sites (tertiary alicyclic amines) is 1. The summed E-state index contributed by atoms with van der Waals surface area (Å²) in [6.45, 7) is 5.35. The highest BCUT2D eigenvalue weighted by atomic mass is 16.7. The first-order valence-corrected chi connectivity index (χ1v) is 9.05. The van der Waals surface area contributed by atoms with E-state index in [1.165, 1.54) is 6.42 Å². The Bertz CT molecular complexity index is 372. The van der Waals surface area contributed by atoms with Crippen LogP contribution in [0.3, 0.4) is 0 Å². The average molecular weight is 310 g/mol. The Kier molecular flexibility index (Phi) is 5.24. The standard InChI is InChI=1S/C17H30N2O3/c1-2-15-5-3-4-10-19(15)16(20)18-13-14-6-8-17(9-7-14)21-11-12-22-17/h14-15H,2-13H2,1H3,(H,18,20)/t15-/m0/s1. The molecule has 22 heavy (non-hydrogen) atoms. The second-order valence-electron chi connectivity index (χ2n) is 6.99. The fourth-order valence-electron chi connectivity index (χ4n) is 4.13. The fourth-order valence-corrected chi connectivity index (χ4v) is 4.13. The number of nitrogens with zero attached hydrogens (tertiary/aromatic N) is 1. The maximum Gasteiger partial charge on any atom is 0.317 e. The van der Waals surface area contributed by atoms with Crippen molar-refractivity contribution < 1.29 is 14.3 Å². The van der Waals surface area contributed by atoms with Gasteiger partial charge in [-0.05, 0) is 44.4 Å². The number of carbonyl (C=O) groups is 1. The van der Waals surface area contributed by atoms with Crippen LogP contribution < -0.4 is 5.32 Å². The molecule has 0 bridgehead atoms. The molecule has 5 nitrogen and oxygen atoms in total. The Hall–Kier alpha value is -0.810. The molecule has 1 atom stereocenters. The van der Waals surface area contributed by atoms with E-state index in [0.717, 1.165) is 71.2 Å². The topological polar surface area (TPSA) is 50.8 Å². The number of carbonyl (C=O) groups excluding carboxylic acids is 1. The molecular weight excluding hydrogens is 280 g/mol. The van der Waals surface area contributed by atoms with Crippen LogP contribution in [0.1, 0.15) is 58.3 Å². The van der Waals surface area contributed by atoms with Crippen LogP contribution in [0.2, 0.25) is 0 Å². The minimum absolute atomic E-state index is 0.139. The van der Waals surface area contributed by atoms with Crippen LogP contribution in [-0.2, 0) is 9.47 Å². The zero-order chi connectivity index (χ0) is 15.4. The quantitative estimate of drug-likeness (QED) is 0.872. The Balaban J connectivity index is 1.41. The van der Waals surface area contributed by atoms with Gasteiger partial charge in [0.05, 0.1) is 13.2 Å². The molecule has 1 saturated carbocycles. The summed E-state index contributed by atoms with van der Waals surface area (Å²) in [5.74, 6) is 0.271. The van der Waals surface area contributed by atoms with E-state index in [9.17, 15) is 4.79 Å². The first-order valence-electron chi connectivity index (χ1n) is 9.05. The molecule has 3 rings (SSSR count). The van der Waals surface area contributed by atoms with Gasteiger partial charge in [0.25, 0.3) is 0 Å². The van der Waals surface area contributed by atoms with Crippen molar-refractivity contribution in [3.8, 4) is 0 Å². The van der Waals surface area contributed by atoms with Gasteiger partial charge in [0.15, 0.2) is 5.79 Å². The van der Waals surface area contributed by atoms with Crippen molar-refractivity contribution in [1.29, 1.82) is 0 Å². The summed E-state index contributed by atoms with van der Waals surface area (Å²) >= 11 is 0. The molecule has 2 heterocycles. The first kappa shape index (κ1) is 16.1. The van der Waals surface area contributed by atoms with E-state index in [-0.39, 0.29) is 11.8 Å². The lowest BCUT2D eigenvalue weighted by molar-refractivity contribution is -0.182. The Morgan fingerprint density at radius 1 is 1.18 bits per heavy atom. The largest absolute Gasteiger partial charge is 0.348 e. The minimum atomic E-state index is -0.291. The molecule has 0 aromatic carbocycles. The highest BCUT2D eigenvalue weighted by Crippen LogP contribution is 2.38. The van der Waals surface area contributed by atoms with Crippen LogP contribution in [-0.4, -0.2) is 49.1 Å². The maximum absolute atomic E-state index is 12.4. The predicted molar refractivity (Wildman–Crippen MR) is 84.6 cm³/mol. The molecule has 2 amide bonds. The van der Waals surface area contributed by atoms with Crippen molar-refractivity contribution in [2.75, 3.05) is 26.3 Å². The molecular formula is C17H30N2O3. The highest BCUT2D eigenvalue weighted by Gasteiger charge is 2.40. The molecule has 3 fully saturated rings. The number of ether oxygens (including phenoxy) is 2. The van der Waals surface area contributed by atoms with Crippen molar-refractivity contribution in [3.05, 3.63) is 0 Å². The third-order valence-electron chi connectivity index (χ3n) is 5.58. The second kappa shape index (κ2) is 7.18. The van der Waals surface area contributed by atoms with E-state index in [1.807, 2.05) is 0 Å². The smallest absolute Gasteiger partial charge is 0.317 e. The van der Waals surface area contributed by atoms with Crippen molar-refractivity contribution in [1.82, 2.24) is 10.2 Å². The van der Waals surface area contributed by atoms with E-state index in [2.05, 4.69) is 17.1 Å². The third kappa shape index (κ3) is 3.57. The number of urea groups is 1. The lowest BCUT2D eigenvalue weighted by Gasteiger charge is -2.37. The van der Waals surface area contributed by atoms with E-state index in [4.69, 9.17) is 9.47 Å². The molecule has 5 heteroatoms. The summed E-state index contributed by atoms with van der Waals surface area (Å²) in [7, 11) is 0. The van der Waals surface area contributed by atoms with E-state index in [0.29, 0.717) is 12.0 Å². The molecule has 2 aliphatic heterocycles. The first-order chi connectivity index (χ1) is 10.7. The van der Waals surface area contributed by atoms with Gasteiger partial charge in [-0.2, -0.15) is 0 Å². The van der Waals surface area contributed by atoms with Crippen LogP contribution in [0.25, 0.3) is 0 Å². The van der Waals surface area contributed by atoms with Crippen LogP contribution in [0.4, 0.5) is 4.79 Å². The van der Waals surface area contributed by atoms with E-state index < -0.39 is 0 Å². The van der Waals surface area contributed by atoms with Crippen molar-refractivity contribution in [2.45, 2.75) is 70.1 Å². The number of piperidine rings is 1. The molecule has 0 aromatic rings. The van der Waals surface area contributed by atoms with Gasteiger partial charge in [-0.1, -0.05) is 6.92 Å². The Morgan fingerprint density at radius 3 is 2.59 bits per heavy atom. The molecule has 2 saturated heterocycles.